The summed E-state index contributed by atoms with van der Waals surface area (Å²) in [6.45, 7) is 6.46. The van der Waals surface area contributed by atoms with Gasteiger partial charge < -0.3 is 15.6 Å². The van der Waals surface area contributed by atoms with Crippen LogP contribution in [-0.4, -0.2) is 18.3 Å². The van der Waals surface area contributed by atoms with Crippen molar-refractivity contribution < 1.29 is 9.84 Å². The smallest absolute Gasteiger partial charge is 0.119 e. The van der Waals surface area contributed by atoms with Crippen LogP contribution in [0.3, 0.4) is 0 Å². The van der Waals surface area contributed by atoms with Crippen molar-refractivity contribution in [2.45, 2.75) is 26.4 Å². The zero-order valence-corrected chi connectivity index (χ0v) is 9.58. The molecule has 0 aliphatic carbocycles. The van der Waals surface area contributed by atoms with Crippen LogP contribution in [0.2, 0.25) is 0 Å². The number of benzene rings is 1. The van der Waals surface area contributed by atoms with Crippen molar-refractivity contribution in [3.05, 3.63) is 29.3 Å². The summed E-state index contributed by atoms with van der Waals surface area (Å²) in [5, 5.41) is 10.0. The molecule has 3 heteroatoms. The predicted molar refractivity (Wildman–Crippen MR) is 61.0 cm³/mol. The Morgan fingerprint density at radius 2 is 2.13 bits per heavy atom. The molecular weight excluding hydrogens is 190 g/mol. The highest BCUT2D eigenvalue weighted by atomic mass is 16.5. The van der Waals surface area contributed by atoms with Gasteiger partial charge in [0.2, 0.25) is 0 Å². The first kappa shape index (κ1) is 12.0. The predicted octanol–water partition coefficient (Wildman–Crippen LogP) is 1.56. The minimum Gasteiger partial charge on any atom is -0.494 e. The molecule has 0 saturated carbocycles. The van der Waals surface area contributed by atoms with Gasteiger partial charge in [-0.05, 0) is 44.0 Å². The molecule has 0 bridgehead atoms. The number of ether oxygens (including phenoxy) is 1. The van der Waals surface area contributed by atoms with Gasteiger partial charge in [-0.3, -0.25) is 0 Å². The van der Waals surface area contributed by atoms with E-state index in [0.717, 1.165) is 16.9 Å². The van der Waals surface area contributed by atoms with E-state index >= 15 is 0 Å². The minimum absolute atomic E-state index is 0.210. The van der Waals surface area contributed by atoms with Crippen molar-refractivity contribution in [3.63, 3.8) is 0 Å². The Balaban J connectivity index is 3.03. The summed E-state index contributed by atoms with van der Waals surface area (Å²) in [7, 11) is 0. The maximum absolute atomic E-state index is 10.0. The Hall–Kier alpha value is -1.06. The van der Waals surface area contributed by atoms with Crippen molar-refractivity contribution >= 4 is 0 Å². The van der Waals surface area contributed by atoms with E-state index in [9.17, 15) is 5.11 Å². The lowest BCUT2D eigenvalue weighted by atomic mass is 9.92. The maximum Gasteiger partial charge on any atom is 0.119 e. The largest absolute Gasteiger partial charge is 0.494 e. The average Bonchev–Trinajstić information content (AvgIpc) is 2.18. The topological polar surface area (TPSA) is 55.5 Å². The lowest BCUT2D eigenvalue weighted by Crippen LogP contribution is -2.32. The molecule has 0 amide bonds. The zero-order valence-electron chi connectivity index (χ0n) is 9.58. The van der Waals surface area contributed by atoms with E-state index in [1.165, 1.54) is 0 Å². The van der Waals surface area contributed by atoms with E-state index in [0.29, 0.717) is 6.61 Å². The van der Waals surface area contributed by atoms with E-state index in [1.54, 1.807) is 6.92 Å². The van der Waals surface area contributed by atoms with Gasteiger partial charge in [0, 0.05) is 6.54 Å². The molecule has 3 nitrogen and oxygen atoms in total. The first-order valence-electron chi connectivity index (χ1n) is 5.17. The van der Waals surface area contributed by atoms with Crippen molar-refractivity contribution in [2.75, 3.05) is 13.2 Å². The summed E-state index contributed by atoms with van der Waals surface area (Å²) < 4.78 is 5.38. The van der Waals surface area contributed by atoms with Gasteiger partial charge in [-0.25, -0.2) is 0 Å². The Kier molecular flexibility index (Phi) is 3.72. The standard InChI is InChI=1S/C12H19NO2/c1-4-15-10-5-6-11(9(2)7-10)12(3,14)8-13/h5-7,14H,4,8,13H2,1-3H3. The van der Waals surface area contributed by atoms with Gasteiger partial charge in [-0.1, -0.05) is 6.07 Å². The van der Waals surface area contributed by atoms with Crippen LogP contribution in [0.5, 0.6) is 5.75 Å². The molecule has 0 aliphatic rings. The summed E-state index contributed by atoms with van der Waals surface area (Å²) in [6, 6.07) is 5.64. The van der Waals surface area contributed by atoms with E-state index in [2.05, 4.69) is 0 Å². The zero-order chi connectivity index (χ0) is 11.5. The molecule has 1 rings (SSSR count). The number of hydrogen-bond acceptors (Lipinski definition) is 3. The molecule has 1 aromatic rings. The molecule has 84 valence electrons. The summed E-state index contributed by atoms with van der Waals surface area (Å²) >= 11 is 0. The highest BCUT2D eigenvalue weighted by molar-refractivity contribution is 5.38. The highest BCUT2D eigenvalue weighted by Crippen LogP contribution is 2.26. The van der Waals surface area contributed by atoms with Crippen molar-refractivity contribution in [1.29, 1.82) is 0 Å². The number of hydrogen-bond donors (Lipinski definition) is 2. The lowest BCUT2D eigenvalue weighted by Gasteiger charge is -2.24. The quantitative estimate of drug-likeness (QED) is 0.791. The second kappa shape index (κ2) is 4.64. The number of aliphatic hydroxyl groups is 1. The summed E-state index contributed by atoms with van der Waals surface area (Å²) in [5.74, 6) is 0.826. The van der Waals surface area contributed by atoms with Crippen LogP contribution >= 0.6 is 0 Å². The van der Waals surface area contributed by atoms with Crippen molar-refractivity contribution in [2.24, 2.45) is 5.73 Å². The first-order valence-corrected chi connectivity index (χ1v) is 5.17. The van der Waals surface area contributed by atoms with Crippen molar-refractivity contribution in [1.82, 2.24) is 0 Å². The monoisotopic (exact) mass is 209 g/mol. The fraction of sp³-hybridized carbons (Fsp3) is 0.500. The molecule has 0 aromatic heterocycles. The van der Waals surface area contributed by atoms with E-state index in [1.807, 2.05) is 32.0 Å². The molecule has 0 aliphatic heterocycles. The molecule has 0 fully saturated rings. The molecule has 0 saturated heterocycles. The number of aryl methyl sites for hydroxylation is 1. The van der Waals surface area contributed by atoms with Gasteiger partial charge in [0.15, 0.2) is 0 Å². The number of nitrogens with two attached hydrogens (primary N) is 1. The Morgan fingerprint density at radius 1 is 1.47 bits per heavy atom. The molecule has 1 atom stereocenters. The number of rotatable bonds is 4. The van der Waals surface area contributed by atoms with Crippen LogP contribution in [0, 0.1) is 6.92 Å². The molecule has 0 spiro atoms. The third kappa shape index (κ3) is 2.70. The second-order valence-electron chi connectivity index (χ2n) is 3.89. The van der Waals surface area contributed by atoms with Crippen molar-refractivity contribution in [3.8, 4) is 5.75 Å². The summed E-state index contributed by atoms with van der Waals surface area (Å²) in [6.07, 6.45) is 0. The molecule has 0 radical (unpaired) electrons. The molecule has 3 N–H and O–H groups in total. The second-order valence-corrected chi connectivity index (χ2v) is 3.89. The first-order chi connectivity index (χ1) is 7.01. The van der Waals surface area contributed by atoms with E-state index < -0.39 is 5.60 Å². The minimum atomic E-state index is -0.963. The fourth-order valence-electron chi connectivity index (χ4n) is 1.61. The maximum atomic E-state index is 10.0. The van der Waals surface area contributed by atoms with Crippen LogP contribution in [0.4, 0.5) is 0 Å². The fourth-order valence-corrected chi connectivity index (χ4v) is 1.61. The Labute approximate surface area is 90.9 Å². The Morgan fingerprint density at radius 3 is 2.60 bits per heavy atom. The van der Waals surface area contributed by atoms with Gasteiger partial charge in [0.1, 0.15) is 5.75 Å². The van der Waals surface area contributed by atoms with Crippen LogP contribution in [0.1, 0.15) is 25.0 Å². The van der Waals surface area contributed by atoms with Crippen LogP contribution in [0.25, 0.3) is 0 Å². The van der Waals surface area contributed by atoms with Gasteiger partial charge in [0.05, 0.1) is 12.2 Å². The Bertz CT molecular complexity index is 334. The van der Waals surface area contributed by atoms with Gasteiger partial charge in [-0.15, -0.1) is 0 Å². The van der Waals surface area contributed by atoms with Gasteiger partial charge >= 0.3 is 0 Å². The van der Waals surface area contributed by atoms with E-state index in [4.69, 9.17) is 10.5 Å². The summed E-state index contributed by atoms with van der Waals surface area (Å²) in [4.78, 5) is 0. The third-order valence-electron chi connectivity index (χ3n) is 2.49. The molecule has 15 heavy (non-hydrogen) atoms. The highest BCUT2D eigenvalue weighted by Gasteiger charge is 2.22. The molecule has 1 aromatic carbocycles. The van der Waals surface area contributed by atoms with Crippen LogP contribution in [0.15, 0.2) is 18.2 Å². The van der Waals surface area contributed by atoms with Gasteiger partial charge in [-0.2, -0.15) is 0 Å². The third-order valence-corrected chi connectivity index (χ3v) is 2.49. The SMILES string of the molecule is CCOc1ccc(C(C)(O)CN)c(C)c1. The lowest BCUT2D eigenvalue weighted by molar-refractivity contribution is 0.0661. The van der Waals surface area contributed by atoms with Crippen LogP contribution < -0.4 is 10.5 Å². The molecule has 1 unspecified atom stereocenters. The summed E-state index contributed by atoms with van der Waals surface area (Å²) in [5.41, 5.74) is 6.41. The molecule has 0 heterocycles. The molecular formula is C12H19NO2. The van der Waals surface area contributed by atoms with E-state index in [-0.39, 0.29) is 6.54 Å². The average molecular weight is 209 g/mol. The van der Waals surface area contributed by atoms with Crippen LogP contribution in [-0.2, 0) is 5.60 Å². The van der Waals surface area contributed by atoms with Gasteiger partial charge in [0.25, 0.3) is 0 Å². The normalized spacial score (nSPS) is 14.7.